The molecule has 8 fully saturated rings. The maximum atomic E-state index is 15.5. The van der Waals surface area contributed by atoms with E-state index in [1.807, 2.05) is 0 Å². The number of halogens is 5. The Morgan fingerprint density at radius 3 is 1.24 bits per heavy atom. The van der Waals surface area contributed by atoms with Crippen molar-refractivity contribution in [2.75, 3.05) is 0 Å². The second kappa shape index (κ2) is 18.0. The molecule has 71 heavy (non-hydrogen) atoms. The van der Waals surface area contributed by atoms with Crippen LogP contribution in [0.15, 0.2) is 132 Å². The Morgan fingerprint density at radius 1 is 0.479 bits per heavy atom. The van der Waals surface area contributed by atoms with Crippen molar-refractivity contribution in [1.82, 2.24) is 0 Å². The van der Waals surface area contributed by atoms with Crippen LogP contribution >= 0.6 is 24.8 Å². The molecular weight excluding hydrogens is 1020 g/mol. The minimum absolute atomic E-state index is 0. The summed E-state index contributed by atoms with van der Waals surface area (Å²) in [5.74, 6) is 7.81. The molecule has 0 nitrogen and oxygen atoms in total. The minimum atomic E-state index is -4.99. The molecule has 10 aliphatic rings. The number of hydrogen-bond donors (Lipinski definition) is 0. The van der Waals surface area contributed by atoms with E-state index in [9.17, 15) is 0 Å². The third kappa shape index (κ3) is 8.21. The van der Waals surface area contributed by atoms with Crippen LogP contribution in [0.5, 0.6) is 0 Å². The molecule has 7 heteroatoms. The van der Waals surface area contributed by atoms with E-state index in [4.69, 9.17) is 0 Å². The Hall–Kier alpha value is -3.21. The number of benzene rings is 6. The average Bonchev–Trinajstić information content (AvgIpc) is 3.92. The van der Waals surface area contributed by atoms with Gasteiger partial charge in [0.1, 0.15) is 0 Å². The average molecular weight is 1090 g/mol. The van der Waals surface area contributed by atoms with Gasteiger partial charge in [0.2, 0.25) is 0 Å². The van der Waals surface area contributed by atoms with Crippen LogP contribution in [-0.2, 0) is 17.4 Å². The molecule has 0 N–H and O–H groups in total. The predicted molar refractivity (Wildman–Crippen MR) is 295 cm³/mol. The molecule has 2 unspecified atom stereocenters. The first-order chi connectivity index (χ1) is 33.4. The quantitative estimate of drug-likeness (QED) is 0.120. The van der Waals surface area contributed by atoms with Gasteiger partial charge in [-0.25, -0.2) is 0 Å². The summed E-state index contributed by atoms with van der Waals surface area (Å²) in [6.45, 7) is 2.22. The molecule has 16 rings (SSSR count). The van der Waals surface area contributed by atoms with Gasteiger partial charge < -0.3 is 0 Å². The first-order valence-electron chi connectivity index (χ1n) is 27.2. The van der Waals surface area contributed by atoms with E-state index in [-0.39, 0.29) is 36.2 Å². The fourth-order valence-electron chi connectivity index (χ4n) is 18.8. The summed E-state index contributed by atoms with van der Waals surface area (Å²) in [5.41, 5.74) is 13.2. The Kier molecular flexibility index (Phi) is 12.3. The van der Waals surface area contributed by atoms with E-state index in [0.717, 1.165) is 60.2 Å². The standard InChI is InChI=1S/2C30H29.C3H4F3.CH3.2ClH.H2Si.Zr/c2*1-2-5-23-18-25(9-8-22(23)4-1)28-7-3-6-24-11-21(17-30(24)28)16-29-26-12-19-10-20(14-26)15-27(29)13-19;1-2-3(4,5)6;;;;;/h2*1-9,11,17-20,26-27,29H,10,12-16H2;1-2H2;1H3;2*1H;1H2;. The molecule has 8 bridgehead atoms. The van der Waals surface area contributed by atoms with Crippen LogP contribution in [0.25, 0.3) is 56.0 Å². The molecule has 6 aromatic carbocycles. The van der Waals surface area contributed by atoms with Gasteiger partial charge in [-0.1, -0.05) is 0 Å². The van der Waals surface area contributed by atoms with E-state index < -0.39 is 30.0 Å². The molecular formula is C64H69Cl2F3SiZr. The van der Waals surface area contributed by atoms with Crippen LogP contribution in [0.4, 0.5) is 13.2 Å². The van der Waals surface area contributed by atoms with Crippen LogP contribution in [-0.4, -0.2) is 13.1 Å². The van der Waals surface area contributed by atoms with Gasteiger partial charge in [-0.2, -0.15) is 0 Å². The summed E-state index contributed by atoms with van der Waals surface area (Å²) in [6.07, 6.45) is 16.1. The van der Waals surface area contributed by atoms with Crippen LogP contribution in [0.3, 0.4) is 0 Å². The zero-order valence-corrected chi connectivity index (χ0v) is 46.7. The van der Waals surface area contributed by atoms with Crippen molar-refractivity contribution in [3.05, 3.63) is 155 Å². The molecule has 2 atom stereocenters. The van der Waals surface area contributed by atoms with Crippen molar-refractivity contribution >= 4 is 65.4 Å². The van der Waals surface area contributed by atoms with E-state index in [2.05, 4.69) is 145 Å². The Labute approximate surface area is 434 Å². The topological polar surface area (TPSA) is 0 Å². The van der Waals surface area contributed by atoms with Crippen molar-refractivity contribution in [2.24, 2.45) is 59.2 Å². The second-order valence-electron chi connectivity index (χ2n) is 25.3. The van der Waals surface area contributed by atoms with Crippen molar-refractivity contribution in [2.45, 2.75) is 106 Å². The molecule has 0 heterocycles. The number of hydrogen-bond acceptors (Lipinski definition) is 0. The number of allylic oxidation sites excluding steroid dienone is 2. The molecule has 368 valence electrons. The molecule has 0 spiro atoms. The second-order valence-corrected chi connectivity index (χ2v) is 53.7. The molecule has 6 aromatic rings. The summed E-state index contributed by atoms with van der Waals surface area (Å²) in [7, 11) is 0. The van der Waals surface area contributed by atoms with Crippen LogP contribution < -0.4 is 0 Å². The van der Waals surface area contributed by atoms with Gasteiger partial charge in [0, 0.05) is 0 Å². The summed E-state index contributed by atoms with van der Waals surface area (Å²) in [4.78, 5) is 0. The Bertz CT molecular complexity index is 2970. The first kappa shape index (κ1) is 48.7. The van der Waals surface area contributed by atoms with E-state index in [0.29, 0.717) is 11.8 Å². The maximum absolute atomic E-state index is 15.5. The molecule has 0 aromatic heterocycles. The Morgan fingerprint density at radius 2 is 0.859 bits per heavy atom. The summed E-state index contributed by atoms with van der Waals surface area (Å²) in [5, 5.41) is 4.92. The van der Waals surface area contributed by atoms with Gasteiger partial charge in [0.15, 0.2) is 0 Å². The van der Waals surface area contributed by atoms with Crippen LogP contribution in [0.2, 0.25) is 8.76 Å². The van der Waals surface area contributed by atoms with Crippen molar-refractivity contribution < 1.29 is 30.6 Å². The van der Waals surface area contributed by atoms with Gasteiger partial charge in [0.25, 0.3) is 0 Å². The zero-order chi connectivity index (χ0) is 46.4. The molecule has 8 saturated carbocycles. The first-order valence-corrected chi connectivity index (χ1v) is 40.1. The van der Waals surface area contributed by atoms with Crippen molar-refractivity contribution in [3.63, 3.8) is 0 Å². The summed E-state index contributed by atoms with van der Waals surface area (Å²) >= 11 is -4.99. The van der Waals surface area contributed by atoms with Gasteiger partial charge in [-0.3, -0.25) is 0 Å². The molecule has 10 aliphatic carbocycles. The molecule has 0 amide bonds. The third-order valence-corrected chi connectivity index (χ3v) is 44.0. The fourth-order valence-corrected chi connectivity index (χ4v) is 42.5. The normalized spacial score (nSPS) is 31.0. The van der Waals surface area contributed by atoms with Gasteiger partial charge >= 0.3 is 413 Å². The number of alkyl halides is 3. The van der Waals surface area contributed by atoms with Gasteiger partial charge in [-0.05, 0) is 0 Å². The Balaban J connectivity index is 0.00000259. The third-order valence-electron chi connectivity index (χ3n) is 21.1. The number of rotatable bonds is 10. The summed E-state index contributed by atoms with van der Waals surface area (Å²) < 4.78 is 49.4. The van der Waals surface area contributed by atoms with E-state index >= 15 is 13.2 Å². The molecule has 0 aliphatic heterocycles. The van der Waals surface area contributed by atoms with E-state index in [1.165, 1.54) is 141 Å². The van der Waals surface area contributed by atoms with Crippen molar-refractivity contribution in [1.29, 1.82) is 0 Å². The van der Waals surface area contributed by atoms with Crippen LogP contribution in [0.1, 0.15) is 113 Å². The monoisotopic (exact) mass is 1080 g/mol. The van der Waals surface area contributed by atoms with Gasteiger partial charge in [0.05, 0.1) is 0 Å². The zero-order valence-electron chi connectivity index (χ0n) is 41.2. The van der Waals surface area contributed by atoms with E-state index in [1.54, 1.807) is 0 Å². The molecule has 0 saturated heterocycles. The number of fused-ring (bicyclic) bond motifs is 4. The summed E-state index contributed by atoms with van der Waals surface area (Å²) in [6, 6.07) is 45.0. The molecule has 0 radical (unpaired) electrons. The fraction of sp³-hybridized carbons (Fsp3) is 0.438. The predicted octanol–water partition coefficient (Wildman–Crippen LogP) is 18.3. The van der Waals surface area contributed by atoms with Crippen LogP contribution in [0, 0.1) is 59.2 Å². The van der Waals surface area contributed by atoms with Crippen molar-refractivity contribution in [3.8, 4) is 22.3 Å². The SMILES string of the molecule is Cl.Cl.[CH3][Zr](=[SiH2])([CH2]CC(F)(F)F)([CH]1C(CC2C3CC4CC(C3)CC2C4)=Cc2c(-c3ccc4ccccc4c3)cccc21)[CH]1C(CC2C3CC4CC(C3)CC2C4)=Cc2c(-c3ccc4ccccc4c3)cccc21. The van der Waals surface area contributed by atoms with Gasteiger partial charge in [-0.15, -0.1) is 24.8 Å².